The van der Waals surface area contributed by atoms with Crippen molar-refractivity contribution in [3.63, 3.8) is 0 Å². The number of hydrogen-bond acceptors (Lipinski definition) is 4. The second-order valence-electron chi connectivity index (χ2n) is 6.79. The number of benzene rings is 1. The van der Waals surface area contributed by atoms with E-state index in [1.165, 1.54) is 6.07 Å². The van der Waals surface area contributed by atoms with Gasteiger partial charge in [0.15, 0.2) is 0 Å². The highest BCUT2D eigenvalue weighted by atomic mass is 35.5. The summed E-state index contributed by atoms with van der Waals surface area (Å²) in [5, 5.41) is 3.20. The topological polar surface area (TPSA) is 108 Å². The molecule has 9 heteroatoms. The summed E-state index contributed by atoms with van der Waals surface area (Å²) in [6.07, 6.45) is 4.02. The van der Waals surface area contributed by atoms with Crippen LogP contribution < -0.4 is 16.2 Å². The van der Waals surface area contributed by atoms with E-state index in [9.17, 15) is 19.2 Å². The molecule has 1 saturated heterocycles. The van der Waals surface area contributed by atoms with Crippen LogP contribution in [0.1, 0.15) is 48.9 Å². The Bertz CT molecular complexity index is 776. The molecule has 1 spiro atoms. The average Bonchev–Trinajstić information content (AvgIpc) is 2.88. The Balaban J connectivity index is 1.48. The molecular weight excluding hydrogens is 372 g/mol. The van der Waals surface area contributed by atoms with Crippen LogP contribution in [0.5, 0.6) is 0 Å². The predicted octanol–water partition coefficient (Wildman–Crippen LogP) is 1.75. The number of hydrazine groups is 1. The van der Waals surface area contributed by atoms with Crippen molar-refractivity contribution in [3.05, 3.63) is 34.9 Å². The zero-order valence-corrected chi connectivity index (χ0v) is 15.5. The maximum atomic E-state index is 12.6. The van der Waals surface area contributed by atoms with E-state index in [-0.39, 0.29) is 18.9 Å². The van der Waals surface area contributed by atoms with Crippen molar-refractivity contribution in [2.45, 2.75) is 44.1 Å². The molecule has 1 heterocycles. The molecule has 1 aromatic rings. The van der Waals surface area contributed by atoms with Gasteiger partial charge in [0.25, 0.3) is 11.8 Å². The Morgan fingerprint density at radius 2 is 1.89 bits per heavy atom. The molecule has 1 aliphatic heterocycles. The zero-order valence-electron chi connectivity index (χ0n) is 14.7. The molecular formula is C18H21ClN4O4. The number of rotatable bonds is 4. The van der Waals surface area contributed by atoms with Crippen molar-refractivity contribution in [2.75, 3.05) is 6.54 Å². The minimum absolute atomic E-state index is 0.0364. The third-order valence-corrected chi connectivity index (χ3v) is 5.15. The maximum absolute atomic E-state index is 12.6. The largest absolute Gasteiger partial charge is 0.325 e. The number of halogens is 1. The molecule has 2 fully saturated rings. The van der Waals surface area contributed by atoms with Gasteiger partial charge in [-0.05, 0) is 31.0 Å². The SMILES string of the molecule is O=C(CCN1C(=O)NC2(CCCCC2)C1=O)NNC(=O)c1cccc(Cl)c1. The number of carbonyl (C=O) groups excluding carboxylic acids is 4. The Kier molecular flexibility index (Phi) is 5.65. The van der Waals surface area contributed by atoms with Gasteiger partial charge in [0.05, 0.1) is 0 Å². The van der Waals surface area contributed by atoms with Crippen molar-refractivity contribution in [3.8, 4) is 0 Å². The summed E-state index contributed by atoms with van der Waals surface area (Å²) in [7, 11) is 0. The Labute approximate surface area is 161 Å². The average molecular weight is 393 g/mol. The highest BCUT2D eigenvalue weighted by Crippen LogP contribution is 2.33. The first-order valence-electron chi connectivity index (χ1n) is 8.90. The van der Waals surface area contributed by atoms with Gasteiger partial charge in [-0.1, -0.05) is 36.9 Å². The highest BCUT2D eigenvalue weighted by molar-refractivity contribution is 6.30. The number of hydrogen-bond donors (Lipinski definition) is 3. The number of imide groups is 1. The van der Waals surface area contributed by atoms with Crippen molar-refractivity contribution >= 4 is 35.4 Å². The van der Waals surface area contributed by atoms with E-state index in [4.69, 9.17) is 11.6 Å². The zero-order chi connectivity index (χ0) is 19.4. The fourth-order valence-electron chi connectivity index (χ4n) is 3.48. The van der Waals surface area contributed by atoms with Crippen molar-refractivity contribution < 1.29 is 19.2 Å². The summed E-state index contributed by atoms with van der Waals surface area (Å²) in [5.74, 6) is -1.28. The van der Waals surface area contributed by atoms with Gasteiger partial charge in [-0.25, -0.2) is 4.79 Å². The van der Waals surface area contributed by atoms with Crippen LogP contribution in [0.25, 0.3) is 0 Å². The van der Waals surface area contributed by atoms with Crippen LogP contribution in [0.3, 0.4) is 0 Å². The second kappa shape index (κ2) is 7.96. The number of amides is 5. The fraction of sp³-hybridized carbons (Fsp3) is 0.444. The fourth-order valence-corrected chi connectivity index (χ4v) is 3.67. The summed E-state index contributed by atoms with van der Waals surface area (Å²) in [6.45, 7) is -0.0364. The molecule has 144 valence electrons. The molecule has 3 N–H and O–H groups in total. The number of nitrogens with one attached hydrogen (secondary N) is 3. The maximum Gasteiger partial charge on any atom is 0.325 e. The Morgan fingerprint density at radius 3 is 2.59 bits per heavy atom. The molecule has 1 aliphatic carbocycles. The monoisotopic (exact) mass is 392 g/mol. The second-order valence-corrected chi connectivity index (χ2v) is 7.23. The van der Waals surface area contributed by atoms with Crippen LogP contribution in [0.2, 0.25) is 5.02 Å². The minimum Gasteiger partial charge on any atom is -0.323 e. The van der Waals surface area contributed by atoms with Gasteiger partial charge in [0, 0.05) is 23.6 Å². The van der Waals surface area contributed by atoms with Gasteiger partial charge in [-0.3, -0.25) is 30.1 Å². The normalized spacial score (nSPS) is 18.3. The van der Waals surface area contributed by atoms with Crippen molar-refractivity contribution in [1.29, 1.82) is 0 Å². The predicted molar refractivity (Wildman–Crippen MR) is 97.7 cm³/mol. The lowest BCUT2D eigenvalue weighted by Crippen LogP contribution is -2.48. The van der Waals surface area contributed by atoms with Crippen LogP contribution in [0.15, 0.2) is 24.3 Å². The van der Waals surface area contributed by atoms with E-state index in [1.807, 2.05) is 0 Å². The van der Waals surface area contributed by atoms with Gasteiger partial charge < -0.3 is 5.32 Å². The summed E-state index contributed by atoms with van der Waals surface area (Å²) in [4.78, 5) is 49.8. The van der Waals surface area contributed by atoms with E-state index < -0.39 is 23.4 Å². The lowest BCUT2D eigenvalue weighted by atomic mass is 9.82. The van der Waals surface area contributed by atoms with Gasteiger partial charge in [0.2, 0.25) is 5.91 Å². The summed E-state index contributed by atoms with van der Waals surface area (Å²) in [6, 6.07) is 5.83. The smallest absolute Gasteiger partial charge is 0.323 e. The van der Waals surface area contributed by atoms with E-state index in [1.54, 1.807) is 18.2 Å². The molecule has 0 aromatic heterocycles. The van der Waals surface area contributed by atoms with E-state index in [2.05, 4.69) is 16.2 Å². The van der Waals surface area contributed by atoms with Crippen LogP contribution in [0, 0.1) is 0 Å². The van der Waals surface area contributed by atoms with Gasteiger partial charge >= 0.3 is 6.03 Å². The molecule has 1 aromatic carbocycles. The first-order chi connectivity index (χ1) is 12.9. The van der Waals surface area contributed by atoms with Crippen molar-refractivity contribution in [1.82, 2.24) is 21.1 Å². The molecule has 27 heavy (non-hydrogen) atoms. The molecule has 0 radical (unpaired) electrons. The van der Waals surface area contributed by atoms with Gasteiger partial charge in [0.1, 0.15) is 5.54 Å². The first kappa shape index (κ1) is 19.2. The highest BCUT2D eigenvalue weighted by Gasteiger charge is 2.51. The van der Waals surface area contributed by atoms with Crippen LogP contribution in [0.4, 0.5) is 4.79 Å². The van der Waals surface area contributed by atoms with E-state index >= 15 is 0 Å². The lowest BCUT2D eigenvalue weighted by molar-refractivity contribution is -0.132. The molecule has 5 amide bonds. The quantitative estimate of drug-likeness (QED) is 0.535. The van der Waals surface area contributed by atoms with Crippen LogP contribution >= 0.6 is 11.6 Å². The third-order valence-electron chi connectivity index (χ3n) is 4.92. The number of carbonyl (C=O) groups is 4. The lowest BCUT2D eigenvalue weighted by Gasteiger charge is -2.30. The Hall–Kier alpha value is -2.61. The molecule has 1 saturated carbocycles. The third kappa shape index (κ3) is 4.21. The van der Waals surface area contributed by atoms with Crippen LogP contribution in [-0.2, 0) is 9.59 Å². The number of urea groups is 1. The summed E-state index contributed by atoms with van der Waals surface area (Å²) in [5.41, 5.74) is 4.06. The molecule has 8 nitrogen and oxygen atoms in total. The standard InChI is InChI=1S/C18H21ClN4O4/c19-13-6-4-5-12(11-13)15(25)22-21-14(24)7-10-23-16(26)18(20-17(23)27)8-2-1-3-9-18/h4-6,11H,1-3,7-10H2,(H,20,27)(H,21,24)(H,22,25). The first-order valence-corrected chi connectivity index (χ1v) is 9.28. The van der Waals surface area contributed by atoms with Crippen molar-refractivity contribution in [2.24, 2.45) is 0 Å². The number of nitrogens with zero attached hydrogens (tertiary/aromatic N) is 1. The molecule has 0 unspecified atom stereocenters. The van der Waals surface area contributed by atoms with Gasteiger partial charge in [-0.15, -0.1) is 0 Å². The Morgan fingerprint density at radius 1 is 1.15 bits per heavy atom. The minimum atomic E-state index is -0.799. The van der Waals surface area contributed by atoms with Crippen LogP contribution in [-0.4, -0.2) is 40.7 Å². The molecule has 0 bridgehead atoms. The van der Waals surface area contributed by atoms with E-state index in [0.717, 1.165) is 24.2 Å². The van der Waals surface area contributed by atoms with Gasteiger partial charge in [-0.2, -0.15) is 0 Å². The summed E-state index contributed by atoms with van der Waals surface area (Å²) >= 11 is 5.82. The molecule has 2 aliphatic rings. The molecule has 3 rings (SSSR count). The van der Waals surface area contributed by atoms with E-state index in [0.29, 0.717) is 23.4 Å². The summed E-state index contributed by atoms with van der Waals surface area (Å²) < 4.78 is 0. The molecule has 0 atom stereocenters.